The van der Waals surface area contributed by atoms with Crippen LogP contribution in [0.3, 0.4) is 0 Å². The van der Waals surface area contributed by atoms with Gasteiger partial charge < -0.3 is 15.6 Å². The third-order valence-electron chi connectivity index (χ3n) is 2.39. The number of pyridine rings is 1. The molecule has 19 heavy (non-hydrogen) atoms. The molecule has 4 heteroatoms. The van der Waals surface area contributed by atoms with Gasteiger partial charge in [0, 0.05) is 11.8 Å². The molecule has 0 bridgehead atoms. The lowest BCUT2D eigenvalue weighted by Gasteiger charge is -2.06. The number of aromatic hydroxyl groups is 1. The molecule has 0 atom stereocenters. The van der Waals surface area contributed by atoms with Crippen molar-refractivity contribution in [1.29, 1.82) is 0 Å². The van der Waals surface area contributed by atoms with E-state index >= 15 is 0 Å². The minimum Gasteiger partial charge on any atom is -0.508 e. The van der Waals surface area contributed by atoms with Crippen LogP contribution < -0.4 is 10.5 Å². The highest BCUT2D eigenvalue weighted by atomic mass is 16.5. The standard InChI is InChI=1S/C15H14N2O2/c16-7-1-2-13-8-15(10-17-9-13)19-11-12-3-5-14(18)6-4-12/h3-6,8-10,18H,7,11,16H2. The van der Waals surface area contributed by atoms with Crippen molar-refractivity contribution in [2.24, 2.45) is 5.73 Å². The molecule has 0 spiro atoms. The maximum atomic E-state index is 9.18. The highest BCUT2D eigenvalue weighted by Crippen LogP contribution is 2.14. The summed E-state index contributed by atoms with van der Waals surface area (Å²) in [6.07, 6.45) is 3.30. The number of rotatable bonds is 3. The van der Waals surface area contributed by atoms with E-state index in [1.807, 2.05) is 6.07 Å². The average molecular weight is 254 g/mol. The van der Waals surface area contributed by atoms with Gasteiger partial charge >= 0.3 is 0 Å². The Balaban J connectivity index is 2.01. The molecule has 0 unspecified atom stereocenters. The normalized spacial score (nSPS) is 9.53. The molecule has 4 nitrogen and oxygen atoms in total. The van der Waals surface area contributed by atoms with E-state index in [0.717, 1.165) is 11.1 Å². The predicted molar refractivity (Wildman–Crippen MR) is 72.6 cm³/mol. The number of benzene rings is 1. The summed E-state index contributed by atoms with van der Waals surface area (Å²) in [6.45, 7) is 0.730. The second-order valence-electron chi connectivity index (χ2n) is 3.87. The van der Waals surface area contributed by atoms with Crippen LogP contribution in [0.2, 0.25) is 0 Å². The first-order valence-electron chi connectivity index (χ1n) is 5.82. The smallest absolute Gasteiger partial charge is 0.139 e. The maximum absolute atomic E-state index is 9.18. The summed E-state index contributed by atoms with van der Waals surface area (Å²) in [7, 11) is 0. The van der Waals surface area contributed by atoms with Gasteiger partial charge in [0.25, 0.3) is 0 Å². The third kappa shape index (κ3) is 4.02. The van der Waals surface area contributed by atoms with Crippen molar-refractivity contribution in [1.82, 2.24) is 4.98 Å². The predicted octanol–water partition coefficient (Wildman–Crippen LogP) is 1.68. The van der Waals surface area contributed by atoms with E-state index < -0.39 is 0 Å². The maximum Gasteiger partial charge on any atom is 0.139 e. The van der Waals surface area contributed by atoms with Crippen LogP contribution in [0.5, 0.6) is 11.5 Å². The minimum atomic E-state index is 0.240. The topological polar surface area (TPSA) is 68.4 Å². The molecular formula is C15H14N2O2. The van der Waals surface area contributed by atoms with Crippen LogP contribution in [-0.2, 0) is 6.61 Å². The van der Waals surface area contributed by atoms with Gasteiger partial charge in [-0.1, -0.05) is 24.0 Å². The fourth-order valence-corrected chi connectivity index (χ4v) is 1.48. The summed E-state index contributed by atoms with van der Waals surface area (Å²) in [5.41, 5.74) is 7.06. The Labute approximate surface area is 111 Å². The second-order valence-corrected chi connectivity index (χ2v) is 3.87. The number of phenolic OH excluding ortho intramolecular Hbond substituents is 1. The van der Waals surface area contributed by atoms with Crippen molar-refractivity contribution >= 4 is 0 Å². The Kier molecular flexibility index (Phi) is 4.38. The summed E-state index contributed by atoms with van der Waals surface area (Å²) in [5.74, 6) is 6.56. The van der Waals surface area contributed by atoms with Crippen molar-refractivity contribution in [2.75, 3.05) is 6.54 Å². The molecule has 0 radical (unpaired) electrons. The van der Waals surface area contributed by atoms with E-state index in [2.05, 4.69) is 16.8 Å². The van der Waals surface area contributed by atoms with Gasteiger partial charge in [-0.15, -0.1) is 0 Å². The first-order valence-corrected chi connectivity index (χ1v) is 5.82. The van der Waals surface area contributed by atoms with Crippen LogP contribution in [0.4, 0.5) is 0 Å². The van der Waals surface area contributed by atoms with E-state index in [9.17, 15) is 5.11 Å². The monoisotopic (exact) mass is 254 g/mol. The number of ether oxygens (including phenoxy) is 1. The molecule has 2 rings (SSSR count). The van der Waals surface area contributed by atoms with Gasteiger partial charge in [0.1, 0.15) is 18.1 Å². The molecule has 0 amide bonds. The van der Waals surface area contributed by atoms with Crippen molar-refractivity contribution in [3.8, 4) is 23.3 Å². The molecule has 1 aromatic heterocycles. The van der Waals surface area contributed by atoms with Crippen molar-refractivity contribution in [3.05, 3.63) is 53.9 Å². The lowest BCUT2D eigenvalue weighted by atomic mass is 10.2. The van der Waals surface area contributed by atoms with Crippen LogP contribution >= 0.6 is 0 Å². The molecule has 1 heterocycles. The molecule has 0 aliphatic heterocycles. The second kappa shape index (κ2) is 6.43. The molecule has 0 aliphatic rings. The SMILES string of the molecule is NCC#Cc1cncc(OCc2ccc(O)cc2)c1. The molecule has 0 fully saturated rings. The zero-order chi connectivity index (χ0) is 13.5. The summed E-state index contributed by atoms with van der Waals surface area (Å²) >= 11 is 0. The van der Waals surface area contributed by atoms with E-state index in [1.165, 1.54) is 0 Å². The van der Waals surface area contributed by atoms with Gasteiger partial charge in [-0.2, -0.15) is 0 Å². The first-order chi connectivity index (χ1) is 9.28. The third-order valence-corrected chi connectivity index (χ3v) is 2.39. The van der Waals surface area contributed by atoms with Crippen LogP contribution in [0.25, 0.3) is 0 Å². The number of hydrogen-bond donors (Lipinski definition) is 2. The Hall–Kier alpha value is -2.51. The van der Waals surface area contributed by atoms with E-state index in [0.29, 0.717) is 18.9 Å². The lowest BCUT2D eigenvalue weighted by Crippen LogP contribution is -1.96. The van der Waals surface area contributed by atoms with Crippen molar-refractivity contribution in [2.45, 2.75) is 6.61 Å². The highest BCUT2D eigenvalue weighted by molar-refractivity contribution is 5.37. The Bertz CT molecular complexity index is 598. The van der Waals surface area contributed by atoms with Crippen molar-refractivity contribution in [3.63, 3.8) is 0 Å². The van der Waals surface area contributed by atoms with Gasteiger partial charge in [0.2, 0.25) is 0 Å². The number of nitrogens with zero attached hydrogens (tertiary/aromatic N) is 1. The largest absolute Gasteiger partial charge is 0.508 e. The molecule has 1 aromatic carbocycles. The average Bonchev–Trinajstić information content (AvgIpc) is 2.45. The summed E-state index contributed by atoms with van der Waals surface area (Å²) in [5, 5.41) is 9.18. The highest BCUT2D eigenvalue weighted by Gasteiger charge is 1.98. The Morgan fingerprint density at radius 1 is 1.21 bits per heavy atom. The molecule has 0 saturated carbocycles. The van der Waals surface area contributed by atoms with Crippen molar-refractivity contribution < 1.29 is 9.84 Å². The summed E-state index contributed by atoms with van der Waals surface area (Å²) < 4.78 is 5.61. The first kappa shape index (κ1) is 12.9. The zero-order valence-electron chi connectivity index (χ0n) is 10.3. The number of nitrogens with two attached hydrogens (primary N) is 1. The fourth-order valence-electron chi connectivity index (χ4n) is 1.48. The number of aromatic nitrogens is 1. The van der Waals surface area contributed by atoms with Gasteiger partial charge in [0.15, 0.2) is 0 Å². The Morgan fingerprint density at radius 2 is 2.00 bits per heavy atom. The van der Waals surface area contributed by atoms with Gasteiger partial charge in [-0.3, -0.25) is 4.98 Å². The van der Waals surface area contributed by atoms with E-state index in [1.54, 1.807) is 36.7 Å². The molecule has 0 saturated heterocycles. The van der Waals surface area contributed by atoms with Crippen LogP contribution in [-0.4, -0.2) is 16.6 Å². The summed E-state index contributed by atoms with van der Waals surface area (Å²) in [6, 6.07) is 8.68. The van der Waals surface area contributed by atoms with E-state index in [-0.39, 0.29) is 5.75 Å². The zero-order valence-corrected chi connectivity index (χ0v) is 10.3. The molecule has 2 aromatic rings. The van der Waals surface area contributed by atoms with Crippen LogP contribution in [0, 0.1) is 11.8 Å². The number of phenols is 1. The number of hydrogen-bond acceptors (Lipinski definition) is 4. The molecular weight excluding hydrogens is 240 g/mol. The minimum absolute atomic E-state index is 0.240. The Morgan fingerprint density at radius 3 is 2.74 bits per heavy atom. The molecule has 96 valence electrons. The van der Waals surface area contributed by atoms with Gasteiger partial charge in [-0.25, -0.2) is 0 Å². The lowest BCUT2D eigenvalue weighted by molar-refractivity contribution is 0.304. The quantitative estimate of drug-likeness (QED) is 0.818. The van der Waals surface area contributed by atoms with Gasteiger partial charge in [0.05, 0.1) is 12.7 Å². The fraction of sp³-hybridized carbons (Fsp3) is 0.133. The van der Waals surface area contributed by atoms with E-state index in [4.69, 9.17) is 10.5 Å². The van der Waals surface area contributed by atoms with Crippen LogP contribution in [0.1, 0.15) is 11.1 Å². The molecule has 0 aliphatic carbocycles. The summed E-state index contributed by atoms with van der Waals surface area (Å²) in [4.78, 5) is 4.06. The van der Waals surface area contributed by atoms with Crippen LogP contribution in [0.15, 0.2) is 42.7 Å². The molecule has 3 N–H and O–H groups in total. The van der Waals surface area contributed by atoms with Gasteiger partial charge in [-0.05, 0) is 23.8 Å².